The van der Waals surface area contributed by atoms with Crippen molar-refractivity contribution >= 4 is 54.2 Å². The van der Waals surface area contributed by atoms with Crippen LogP contribution < -0.4 is 11.1 Å². The first-order chi connectivity index (χ1) is 10.5. The van der Waals surface area contributed by atoms with E-state index in [4.69, 9.17) is 5.73 Å². The Bertz CT molecular complexity index is 871. The first kappa shape index (κ1) is 15.0. The highest BCUT2D eigenvalue weighted by Crippen LogP contribution is 2.34. The van der Waals surface area contributed by atoms with Gasteiger partial charge in [0.1, 0.15) is 0 Å². The van der Waals surface area contributed by atoms with Gasteiger partial charge in [-0.2, -0.15) is 0 Å². The maximum absolute atomic E-state index is 12.4. The van der Waals surface area contributed by atoms with Crippen LogP contribution in [0.5, 0.6) is 0 Å². The van der Waals surface area contributed by atoms with Gasteiger partial charge in [0.2, 0.25) is 0 Å². The molecule has 2 aromatic carbocycles. The van der Waals surface area contributed by atoms with Crippen molar-refractivity contribution in [3.05, 3.63) is 51.5 Å². The van der Waals surface area contributed by atoms with Gasteiger partial charge in [0.25, 0.3) is 5.91 Å². The summed E-state index contributed by atoms with van der Waals surface area (Å²) in [6, 6.07) is 9.22. The number of carbonyl (C=O) groups is 1. The summed E-state index contributed by atoms with van der Waals surface area (Å²) in [4.78, 5) is 16.7. The van der Waals surface area contributed by atoms with Crippen LogP contribution in [0.15, 0.2) is 34.8 Å². The number of amides is 1. The Morgan fingerprint density at radius 1 is 1.27 bits per heavy atom. The number of halogens is 1. The molecule has 1 heterocycles. The number of hydrogen-bond acceptors (Lipinski definition) is 4. The van der Waals surface area contributed by atoms with Crippen LogP contribution >= 0.6 is 27.3 Å². The molecule has 0 radical (unpaired) electrons. The third-order valence-electron chi connectivity index (χ3n) is 3.48. The summed E-state index contributed by atoms with van der Waals surface area (Å²) in [6.45, 7) is 3.93. The zero-order valence-corrected chi connectivity index (χ0v) is 14.5. The maximum atomic E-state index is 12.4. The van der Waals surface area contributed by atoms with Gasteiger partial charge in [-0.25, -0.2) is 4.98 Å². The van der Waals surface area contributed by atoms with E-state index in [0.717, 1.165) is 31.5 Å². The number of benzene rings is 2. The van der Waals surface area contributed by atoms with E-state index in [-0.39, 0.29) is 5.91 Å². The fourth-order valence-corrected chi connectivity index (χ4v) is 3.46. The van der Waals surface area contributed by atoms with E-state index in [0.29, 0.717) is 10.7 Å². The van der Waals surface area contributed by atoms with Gasteiger partial charge >= 0.3 is 0 Å². The summed E-state index contributed by atoms with van der Waals surface area (Å²) in [5.74, 6) is -0.129. The molecule has 6 heteroatoms. The van der Waals surface area contributed by atoms with Gasteiger partial charge in [-0.15, -0.1) is 0 Å². The molecule has 0 aliphatic rings. The van der Waals surface area contributed by atoms with Crippen LogP contribution in [0.3, 0.4) is 0 Å². The number of anilines is 2. The number of nitrogens with two attached hydrogens (primary N) is 1. The quantitative estimate of drug-likeness (QED) is 0.692. The highest BCUT2D eigenvalue weighted by molar-refractivity contribution is 9.10. The molecule has 3 aromatic rings. The fraction of sp³-hybridized carbons (Fsp3) is 0.125. The van der Waals surface area contributed by atoms with E-state index in [2.05, 4.69) is 26.2 Å². The number of aryl methyl sites for hydroxylation is 2. The van der Waals surface area contributed by atoms with Gasteiger partial charge in [-0.3, -0.25) is 4.79 Å². The Hall–Kier alpha value is -1.92. The van der Waals surface area contributed by atoms with Crippen molar-refractivity contribution in [2.75, 3.05) is 11.1 Å². The molecule has 0 saturated heterocycles. The molecule has 3 N–H and O–H groups in total. The fourth-order valence-electron chi connectivity index (χ4n) is 2.38. The molecule has 0 fully saturated rings. The Labute approximate surface area is 140 Å². The second kappa shape index (κ2) is 5.70. The summed E-state index contributed by atoms with van der Waals surface area (Å²) in [5.41, 5.74) is 10.1. The number of nitrogen functional groups attached to an aromatic ring is 1. The number of hydrogen-bond donors (Lipinski definition) is 2. The average molecular weight is 376 g/mol. The molecular formula is C16H14BrN3OS. The standard InChI is InChI=1S/C16H14BrN3OS/c1-8-7-12-14(22-16(18)19-12)9(2)13(8)20-15(21)10-3-5-11(17)6-4-10/h3-7H,1-2H3,(H2,18,19)(H,20,21). The molecule has 3 rings (SSSR count). The largest absolute Gasteiger partial charge is 0.375 e. The second-order valence-electron chi connectivity index (χ2n) is 5.05. The zero-order chi connectivity index (χ0) is 15.9. The van der Waals surface area contributed by atoms with E-state index in [9.17, 15) is 4.79 Å². The van der Waals surface area contributed by atoms with Gasteiger partial charge in [0.15, 0.2) is 5.13 Å². The van der Waals surface area contributed by atoms with Crippen LogP contribution in [0.1, 0.15) is 21.5 Å². The maximum Gasteiger partial charge on any atom is 0.255 e. The van der Waals surface area contributed by atoms with Crippen molar-refractivity contribution in [3.63, 3.8) is 0 Å². The van der Waals surface area contributed by atoms with Gasteiger partial charge in [0.05, 0.1) is 10.2 Å². The van der Waals surface area contributed by atoms with Gasteiger partial charge in [-0.05, 0) is 55.3 Å². The summed E-state index contributed by atoms with van der Waals surface area (Å²) < 4.78 is 1.95. The lowest BCUT2D eigenvalue weighted by molar-refractivity contribution is 0.102. The van der Waals surface area contributed by atoms with Crippen LogP contribution in [0.4, 0.5) is 10.8 Å². The number of aromatic nitrogens is 1. The molecule has 0 spiro atoms. The van der Waals surface area contributed by atoms with E-state index < -0.39 is 0 Å². The van der Waals surface area contributed by atoms with Crippen molar-refractivity contribution in [1.29, 1.82) is 0 Å². The third-order valence-corrected chi connectivity index (χ3v) is 5.03. The highest BCUT2D eigenvalue weighted by Gasteiger charge is 2.14. The normalized spacial score (nSPS) is 10.9. The minimum atomic E-state index is -0.129. The van der Waals surface area contributed by atoms with Crippen LogP contribution in [0.25, 0.3) is 10.2 Å². The van der Waals surface area contributed by atoms with E-state index in [1.54, 1.807) is 12.1 Å². The molecule has 1 aromatic heterocycles. The predicted octanol–water partition coefficient (Wildman–Crippen LogP) is 4.51. The third kappa shape index (κ3) is 2.71. The first-order valence-corrected chi connectivity index (χ1v) is 8.30. The van der Waals surface area contributed by atoms with E-state index >= 15 is 0 Å². The lowest BCUT2D eigenvalue weighted by Gasteiger charge is -2.12. The molecule has 22 heavy (non-hydrogen) atoms. The number of nitrogens with zero attached hydrogens (tertiary/aromatic N) is 1. The second-order valence-corrected chi connectivity index (χ2v) is 7.00. The topological polar surface area (TPSA) is 68.0 Å². The molecule has 0 aliphatic carbocycles. The summed E-state index contributed by atoms with van der Waals surface area (Å²) in [6.07, 6.45) is 0. The highest BCUT2D eigenvalue weighted by atomic mass is 79.9. The summed E-state index contributed by atoms with van der Waals surface area (Å²) in [7, 11) is 0. The van der Waals surface area contributed by atoms with E-state index in [1.165, 1.54) is 11.3 Å². The molecule has 0 aliphatic heterocycles. The lowest BCUT2D eigenvalue weighted by Crippen LogP contribution is -2.13. The lowest BCUT2D eigenvalue weighted by atomic mass is 10.1. The Balaban J connectivity index is 1.99. The number of fused-ring (bicyclic) bond motifs is 1. The Morgan fingerprint density at radius 2 is 1.95 bits per heavy atom. The summed E-state index contributed by atoms with van der Waals surface area (Å²) >= 11 is 4.80. The molecule has 0 unspecified atom stereocenters. The SMILES string of the molecule is Cc1cc2nc(N)sc2c(C)c1NC(=O)c1ccc(Br)cc1. The number of thiazole rings is 1. The monoisotopic (exact) mass is 375 g/mol. The number of carbonyl (C=O) groups excluding carboxylic acids is 1. The van der Waals surface area contributed by atoms with Crippen molar-refractivity contribution in [2.24, 2.45) is 0 Å². The van der Waals surface area contributed by atoms with Gasteiger partial charge in [0, 0.05) is 15.7 Å². The Morgan fingerprint density at radius 3 is 2.64 bits per heavy atom. The van der Waals surface area contributed by atoms with Gasteiger partial charge < -0.3 is 11.1 Å². The molecule has 4 nitrogen and oxygen atoms in total. The van der Waals surface area contributed by atoms with Crippen molar-refractivity contribution in [2.45, 2.75) is 13.8 Å². The van der Waals surface area contributed by atoms with Crippen molar-refractivity contribution in [1.82, 2.24) is 4.98 Å². The molecular weight excluding hydrogens is 362 g/mol. The predicted molar refractivity (Wildman–Crippen MR) is 95.6 cm³/mol. The minimum absolute atomic E-state index is 0.129. The Kier molecular flexibility index (Phi) is 3.88. The number of nitrogens with one attached hydrogen (secondary N) is 1. The van der Waals surface area contributed by atoms with Crippen LogP contribution in [0.2, 0.25) is 0 Å². The van der Waals surface area contributed by atoms with E-state index in [1.807, 2.05) is 32.0 Å². The summed E-state index contributed by atoms with van der Waals surface area (Å²) in [5, 5.41) is 3.54. The molecule has 0 atom stereocenters. The van der Waals surface area contributed by atoms with Crippen molar-refractivity contribution < 1.29 is 4.79 Å². The van der Waals surface area contributed by atoms with Crippen LogP contribution in [-0.2, 0) is 0 Å². The van der Waals surface area contributed by atoms with Crippen LogP contribution in [0, 0.1) is 13.8 Å². The van der Waals surface area contributed by atoms with Crippen LogP contribution in [-0.4, -0.2) is 10.9 Å². The molecule has 0 bridgehead atoms. The van der Waals surface area contributed by atoms with Gasteiger partial charge in [-0.1, -0.05) is 27.3 Å². The molecule has 112 valence electrons. The minimum Gasteiger partial charge on any atom is -0.375 e. The average Bonchev–Trinajstić information content (AvgIpc) is 2.84. The number of rotatable bonds is 2. The smallest absolute Gasteiger partial charge is 0.255 e. The first-order valence-electron chi connectivity index (χ1n) is 6.69. The zero-order valence-electron chi connectivity index (χ0n) is 12.1. The molecule has 1 amide bonds. The van der Waals surface area contributed by atoms with Crippen molar-refractivity contribution in [3.8, 4) is 0 Å². The molecule has 0 saturated carbocycles.